The fourth-order valence-corrected chi connectivity index (χ4v) is 4.64. The van der Waals surface area contributed by atoms with Crippen LogP contribution in [-0.4, -0.2) is 36.6 Å². The normalized spacial score (nSPS) is 19.0. The Morgan fingerprint density at radius 3 is 2.47 bits per heavy atom. The van der Waals surface area contributed by atoms with E-state index in [1.54, 1.807) is 0 Å². The molecular formula is C24H30BrN5. The van der Waals surface area contributed by atoms with Crippen LogP contribution in [0.15, 0.2) is 53.0 Å². The number of nitrogens with one attached hydrogen (secondary N) is 2. The van der Waals surface area contributed by atoms with Crippen molar-refractivity contribution < 1.29 is 0 Å². The zero-order chi connectivity index (χ0) is 20.9. The molecule has 158 valence electrons. The number of benzene rings is 2. The van der Waals surface area contributed by atoms with Gasteiger partial charge in [-0.15, -0.1) is 0 Å². The van der Waals surface area contributed by atoms with Crippen LogP contribution in [0.25, 0.3) is 10.9 Å². The molecular weight excluding hydrogens is 438 g/mol. The minimum Gasteiger partial charge on any atom is -0.362 e. The summed E-state index contributed by atoms with van der Waals surface area (Å²) in [6, 6.07) is 17.1. The van der Waals surface area contributed by atoms with Crippen molar-refractivity contribution in [1.82, 2.24) is 15.3 Å². The average molecular weight is 468 g/mol. The molecule has 2 N–H and O–H groups in total. The van der Waals surface area contributed by atoms with Crippen LogP contribution in [0.1, 0.15) is 31.2 Å². The highest BCUT2D eigenvalue weighted by Gasteiger charge is 2.22. The first-order chi connectivity index (χ1) is 14.6. The standard InChI is InChI=1S/C24H30BrN5/c1-30(2)23-20-8-4-6-10-22(20)28-24(29-23)27-19-13-11-17(12-14-19)15-26-16-18-7-3-5-9-21(18)25/h3-10,17,19,26H,11-16H2,1-2H3,(H,27,28,29)/t17-,19+. The molecule has 0 unspecified atom stereocenters. The maximum Gasteiger partial charge on any atom is 0.225 e. The van der Waals surface area contributed by atoms with Crippen molar-refractivity contribution in [2.45, 2.75) is 38.3 Å². The Morgan fingerprint density at radius 1 is 0.967 bits per heavy atom. The number of halogens is 1. The van der Waals surface area contributed by atoms with Crippen LogP contribution >= 0.6 is 15.9 Å². The predicted molar refractivity (Wildman–Crippen MR) is 129 cm³/mol. The summed E-state index contributed by atoms with van der Waals surface area (Å²) in [5.74, 6) is 2.45. The van der Waals surface area contributed by atoms with E-state index in [1.807, 2.05) is 26.2 Å². The van der Waals surface area contributed by atoms with Gasteiger partial charge < -0.3 is 15.5 Å². The SMILES string of the molecule is CN(C)c1nc(N[C@H]2CC[C@@H](CNCc3ccccc3Br)CC2)nc2ccccc12. The first-order valence-corrected chi connectivity index (χ1v) is 11.5. The van der Waals surface area contributed by atoms with Crippen LogP contribution in [0.4, 0.5) is 11.8 Å². The van der Waals surface area contributed by atoms with Gasteiger partial charge in [0.15, 0.2) is 0 Å². The quantitative estimate of drug-likeness (QED) is 0.498. The van der Waals surface area contributed by atoms with E-state index in [-0.39, 0.29) is 0 Å². The third kappa shape index (κ3) is 5.10. The number of anilines is 2. The van der Waals surface area contributed by atoms with Crippen molar-refractivity contribution in [3.05, 3.63) is 58.6 Å². The van der Waals surface area contributed by atoms with E-state index in [0.717, 1.165) is 54.5 Å². The van der Waals surface area contributed by atoms with Crippen LogP contribution in [-0.2, 0) is 6.54 Å². The summed E-state index contributed by atoms with van der Waals surface area (Å²) in [5, 5.41) is 8.33. The summed E-state index contributed by atoms with van der Waals surface area (Å²) in [6.45, 7) is 1.99. The number of hydrogen-bond donors (Lipinski definition) is 2. The van der Waals surface area contributed by atoms with Gasteiger partial charge in [0.1, 0.15) is 5.82 Å². The Bertz CT molecular complexity index is 982. The van der Waals surface area contributed by atoms with Gasteiger partial charge in [0.25, 0.3) is 0 Å². The highest BCUT2D eigenvalue weighted by atomic mass is 79.9. The monoisotopic (exact) mass is 467 g/mol. The summed E-state index contributed by atoms with van der Waals surface area (Å²) in [5.41, 5.74) is 2.31. The largest absolute Gasteiger partial charge is 0.362 e. The Balaban J connectivity index is 1.30. The van der Waals surface area contributed by atoms with Gasteiger partial charge in [-0.2, -0.15) is 4.98 Å². The topological polar surface area (TPSA) is 53.1 Å². The van der Waals surface area contributed by atoms with Gasteiger partial charge in [0.2, 0.25) is 5.95 Å². The van der Waals surface area contributed by atoms with E-state index in [1.165, 1.54) is 22.9 Å². The van der Waals surface area contributed by atoms with Crippen LogP contribution in [0.5, 0.6) is 0 Å². The van der Waals surface area contributed by atoms with E-state index < -0.39 is 0 Å². The van der Waals surface area contributed by atoms with Gasteiger partial charge in [-0.05, 0) is 61.9 Å². The van der Waals surface area contributed by atoms with E-state index in [9.17, 15) is 0 Å². The van der Waals surface area contributed by atoms with E-state index in [0.29, 0.717) is 6.04 Å². The lowest BCUT2D eigenvalue weighted by atomic mass is 9.86. The molecule has 4 rings (SSSR count). The van der Waals surface area contributed by atoms with Gasteiger partial charge in [0, 0.05) is 36.5 Å². The number of hydrogen-bond acceptors (Lipinski definition) is 5. The number of rotatable bonds is 7. The minimum atomic E-state index is 0.445. The molecule has 0 bridgehead atoms. The lowest BCUT2D eigenvalue weighted by Crippen LogP contribution is -2.31. The molecule has 1 aliphatic rings. The first kappa shape index (κ1) is 21.1. The zero-order valence-corrected chi connectivity index (χ0v) is 19.3. The first-order valence-electron chi connectivity index (χ1n) is 10.7. The van der Waals surface area contributed by atoms with Crippen molar-refractivity contribution >= 4 is 38.6 Å². The maximum absolute atomic E-state index is 4.79. The third-order valence-corrected chi connectivity index (χ3v) is 6.67. The molecule has 0 aliphatic heterocycles. The van der Waals surface area contributed by atoms with Crippen molar-refractivity contribution in [2.75, 3.05) is 30.9 Å². The lowest BCUT2D eigenvalue weighted by molar-refractivity contribution is 0.323. The van der Waals surface area contributed by atoms with Gasteiger partial charge in [0.05, 0.1) is 5.52 Å². The molecule has 0 amide bonds. The molecule has 0 saturated heterocycles. The van der Waals surface area contributed by atoms with Crippen molar-refractivity contribution in [3.63, 3.8) is 0 Å². The van der Waals surface area contributed by atoms with Gasteiger partial charge >= 0.3 is 0 Å². The minimum absolute atomic E-state index is 0.445. The maximum atomic E-state index is 4.79. The number of aromatic nitrogens is 2. The second-order valence-corrected chi connectivity index (χ2v) is 9.22. The summed E-state index contributed by atoms with van der Waals surface area (Å²) < 4.78 is 1.18. The molecule has 0 radical (unpaired) electrons. The van der Waals surface area contributed by atoms with E-state index >= 15 is 0 Å². The number of para-hydroxylation sites is 1. The van der Waals surface area contributed by atoms with Gasteiger partial charge in [-0.1, -0.05) is 46.3 Å². The molecule has 1 fully saturated rings. The molecule has 1 saturated carbocycles. The summed E-state index contributed by atoms with van der Waals surface area (Å²) in [4.78, 5) is 11.6. The molecule has 1 heterocycles. The molecule has 30 heavy (non-hydrogen) atoms. The van der Waals surface area contributed by atoms with Crippen molar-refractivity contribution in [1.29, 1.82) is 0 Å². The highest BCUT2D eigenvalue weighted by molar-refractivity contribution is 9.10. The van der Waals surface area contributed by atoms with Crippen LogP contribution in [0, 0.1) is 5.92 Å². The summed E-state index contributed by atoms with van der Waals surface area (Å²) in [7, 11) is 4.06. The highest BCUT2D eigenvalue weighted by Crippen LogP contribution is 2.28. The molecule has 2 aromatic carbocycles. The van der Waals surface area contributed by atoms with Crippen molar-refractivity contribution in [2.24, 2.45) is 5.92 Å². The Kier molecular flexibility index (Phi) is 6.85. The van der Waals surface area contributed by atoms with E-state index in [2.05, 4.69) is 67.9 Å². The van der Waals surface area contributed by atoms with Crippen LogP contribution in [0.3, 0.4) is 0 Å². The molecule has 5 nitrogen and oxygen atoms in total. The molecule has 0 atom stereocenters. The molecule has 0 spiro atoms. The average Bonchev–Trinajstić information content (AvgIpc) is 2.75. The summed E-state index contributed by atoms with van der Waals surface area (Å²) in [6.07, 6.45) is 4.78. The number of nitrogens with zero attached hydrogens (tertiary/aromatic N) is 3. The smallest absolute Gasteiger partial charge is 0.225 e. The Hall–Kier alpha value is -2.18. The lowest BCUT2D eigenvalue weighted by Gasteiger charge is -2.29. The summed E-state index contributed by atoms with van der Waals surface area (Å²) >= 11 is 3.63. The van der Waals surface area contributed by atoms with Crippen LogP contribution in [0.2, 0.25) is 0 Å². The van der Waals surface area contributed by atoms with Crippen LogP contribution < -0.4 is 15.5 Å². The van der Waals surface area contributed by atoms with Crippen molar-refractivity contribution in [3.8, 4) is 0 Å². The molecule has 3 aromatic rings. The predicted octanol–water partition coefficient (Wildman–Crippen LogP) is 5.22. The fraction of sp³-hybridized carbons (Fsp3) is 0.417. The third-order valence-electron chi connectivity index (χ3n) is 5.89. The van der Waals surface area contributed by atoms with Gasteiger partial charge in [-0.25, -0.2) is 4.98 Å². The molecule has 6 heteroatoms. The molecule has 1 aromatic heterocycles. The zero-order valence-electron chi connectivity index (χ0n) is 17.7. The van der Waals surface area contributed by atoms with E-state index in [4.69, 9.17) is 9.97 Å². The fourth-order valence-electron chi connectivity index (χ4n) is 4.21. The molecule has 1 aliphatic carbocycles. The second-order valence-electron chi connectivity index (χ2n) is 8.37. The van der Waals surface area contributed by atoms with Gasteiger partial charge in [-0.3, -0.25) is 0 Å². The Morgan fingerprint density at radius 2 is 1.70 bits per heavy atom. The second kappa shape index (κ2) is 9.75. The number of fused-ring (bicyclic) bond motifs is 1. The Labute approximate surface area is 187 Å².